The summed E-state index contributed by atoms with van der Waals surface area (Å²) in [6.07, 6.45) is 0. The average Bonchev–Trinajstić information content (AvgIpc) is 0. The first-order valence-electron chi connectivity index (χ1n) is 0. The second-order valence-corrected chi connectivity index (χ2v) is 0. The van der Waals surface area contributed by atoms with E-state index in [9.17, 15) is 0 Å². The van der Waals surface area contributed by atoms with Crippen LogP contribution in [-0.4, -0.2) is 45.5 Å². The molecule has 0 atom stereocenters. The van der Waals surface area contributed by atoms with Crippen LogP contribution in [0.25, 0.3) is 0 Å². The maximum Gasteiger partial charge on any atom is 3.00 e. The van der Waals surface area contributed by atoms with Gasteiger partial charge in [-0.3, -0.25) is 0 Å². The molecule has 0 rings (SSSR count). The number of halogens is 5. The van der Waals surface area contributed by atoms with Gasteiger partial charge in [-0.25, -0.2) is 0 Å². The first-order chi connectivity index (χ1) is 0. The van der Waals surface area contributed by atoms with Gasteiger partial charge in [-0.2, -0.15) is 0 Å². The van der Waals surface area contributed by atoms with Crippen molar-refractivity contribution in [1.82, 2.24) is 0 Å². The van der Waals surface area contributed by atoms with Crippen LogP contribution in [0.2, 0.25) is 0 Å². The molecule has 0 spiro atoms. The van der Waals surface area contributed by atoms with E-state index in [4.69, 9.17) is 0 Å². The molecule has 0 saturated heterocycles. The molecule has 0 nitrogen and oxygen atoms in total. The Balaban J connectivity index is 0. The first kappa shape index (κ1) is 110. The Hall–Kier alpha value is 2.49. The van der Waals surface area contributed by atoms with Crippen LogP contribution in [0.15, 0.2) is 0 Å². The van der Waals surface area contributed by atoms with E-state index in [2.05, 4.69) is 0 Å². The van der Waals surface area contributed by atoms with Crippen LogP contribution >= 0.6 is 0 Å². The van der Waals surface area contributed by atoms with Crippen molar-refractivity contribution in [3.8, 4) is 0 Å². The Bertz CT molecular complexity index is 8.04. The quantitative estimate of drug-likeness (QED) is 0.307. The Morgan fingerprint density at radius 3 is 0.429 bits per heavy atom. The number of hydrogen-bond donors (Lipinski definition) is 0. The van der Waals surface area contributed by atoms with Crippen molar-refractivity contribution >= 4 is 45.5 Å². The standard InChI is InChI=1S/5FH.Pr.Sr/h5*1H;;/q;;;;;+3;+2/p-5. The Kier molecular flexibility index (Phi) is 1210. The first-order valence-corrected chi connectivity index (χ1v) is 0. The van der Waals surface area contributed by atoms with Crippen molar-refractivity contribution in [2.45, 2.75) is 0 Å². The molecular weight excluding hydrogens is 324 g/mol. The van der Waals surface area contributed by atoms with E-state index in [0.29, 0.717) is 0 Å². The SMILES string of the molecule is [F-].[F-].[F-].[F-].[F-].[Pr+3].[Sr+2]. The van der Waals surface area contributed by atoms with E-state index < -0.39 is 0 Å². The Labute approximate surface area is 108 Å². The zero-order valence-corrected chi connectivity index (χ0v) is 10.4. The van der Waals surface area contributed by atoms with Gasteiger partial charge in [-0.1, -0.05) is 0 Å². The van der Waals surface area contributed by atoms with Gasteiger partial charge in [-0.15, -0.1) is 0 Å². The van der Waals surface area contributed by atoms with E-state index in [1.807, 2.05) is 0 Å². The molecule has 0 saturated carbocycles. The van der Waals surface area contributed by atoms with Crippen molar-refractivity contribution in [3.63, 3.8) is 0 Å². The van der Waals surface area contributed by atoms with Crippen molar-refractivity contribution in [2.75, 3.05) is 0 Å². The summed E-state index contributed by atoms with van der Waals surface area (Å²) in [7, 11) is 0. The summed E-state index contributed by atoms with van der Waals surface area (Å²) in [6.45, 7) is 0. The molecule has 0 aromatic rings. The van der Waals surface area contributed by atoms with Crippen LogP contribution in [0.1, 0.15) is 0 Å². The van der Waals surface area contributed by atoms with Crippen LogP contribution in [0.3, 0.4) is 0 Å². The number of hydrogen-bond acceptors (Lipinski definition) is 0. The van der Waals surface area contributed by atoms with Gasteiger partial charge in [0.05, 0.1) is 0 Å². The molecule has 0 aliphatic carbocycles. The molecule has 0 heterocycles. The topological polar surface area (TPSA) is 0 Å². The molecule has 0 unspecified atom stereocenters. The average molecular weight is 324 g/mol. The predicted octanol–water partition coefficient (Wildman–Crippen LogP) is -15.4. The summed E-state index contributed by atoms with van der Waals surface area (Å²) >= 11 is 0. The van der Waals surface area contributed by atoms with Gasteiger partial charge >= 0.3 is 86.8 Å². The monoisotopic (exact) mass is 324 g/mol. The van der Waals surface area contributed by atoms with Crippen molar-refractivity contribution < 1.29 is 64.8 Å². The second-order valence-electron chi connectivity index (χ2n) is 0. The molecule has 0 amide bonds. The molecule has 0 aromatic heterocycles. The summed E-state index contributed by atoms with van der Waals surface area (Å²) < 4.78 is 0. The fourth-order valence-electron chi connectivity index (χ4n) is 0. The smallest absolute Gasteiger partial charge is 1.00 e. The summed E-state index contributed by atoms with van der Waals surface area (Å²) in [5.41, 5.74) is 0. The summed E-state index contributed by atoms with van der Waals surface area (Å²) in [6, 6.07) is 0. The van der Waals surface area contributed by atoms with Crippen LogP contribution < -0.4 is 23.5 Å². The maximum atomic E-state index is 0. The van der Waals surface area contributed by atoms with Gasteiger partial charge in [-0.05, 0) is 0 Å². The third-order valence-corrected chi connectivity index (χ3v) is 0. The Morgan fingerprint density at radius 2 is 0.429 bits per heavy atom. The zero-order valence-electron chi connectivity index (χ0n) is 3.17. The normalized spacial score (nSPS) is 0. The van der Waals surface area contributed by atoms with E-state index in [1.165, 1.54) is 0 Å². The minimum atomic E-state index is 0. The van der Waals surface area contributed by atoms with E-state index in [0.717, 1.165) is 0 Å². The van der Waals surface area contributed by atoms with Gasteiger partial charge in [0.2, 0.25) is 0 Å². The zero-order chi connectivity index (χ0) is 0. The maximum absolute atomic E-state index is 0. The van der Waals surface area contributed by atoms with Crippen LogP contribution in [0, 0.1) is 41.3 Å². The van der Waals surface area contributed by atoms with Gasteiger partial charge in [0, 0.05) is 0 Å². The molecule has 0 N–H and O–H groups in total. The number of rotatable bonds is 0. The summed E-state index contributed by atoms with van der Waals surface area (Å²) in [4.78, 5) is 0. The molecule has 0 aromatic carbocycles. The van der Waals surface area contributed by atoms with Crippen LogP contribution in [-0.2, 0) is 0 Å². The molecule has 0 aliphatic rings. The van der Waals surface area contributed by atoms with Gasteiger partial charge in [0.15, 0.2) is 0 Å². The summed E-state index contributed by atoms with van der Waals surface area (Å²) in [5.74, 6) is 0. The predicted molar refractivity (Wildman–Crippen MR) is 5.75 cm³/mol. The molecule has 0 fully saturated rings. The molecule has 0 bridgehead atoms. The largest absolute Gasteiger partial charge is 3.00 e. The molecule has 0 radical (unpaired) electrons. The molecular formula is F5PrSr. The van der Waals surface area contributed by atoms with Gasteiger partial charge < -0.3 is 23.5 Å². The van der Waals surface area contributed by atoms with Crippen molar-refractivity contribution in [3.05, 3.63) is 0 Å². The minimum absolute atomic E-state index is 0. The molecule has 0 aliphatic heterocycles. The fourth-order valence-corrected chi connectivity index (χ4v) is 0. The molecule has 40 valence electrons. The van der Waals surface area contributed by atoms with Crippen molar-refractivity contribution in [1.29, 1.82) is 0 Å². The molecule has 7 heteroatoms. The van der Waals surface area contributed by atoms with Gasteiger partial charge in [0.1, 0.15) is 0 Å². The third kappa shape index (κ3) is 57.6. The third-order valence-electron chi connectivity index (χ3n) is 0. The van der Waals surface area contributed by atoms with Gasteiger partial charge in [0.25, 0.3) is 0 Å². The Morgan fingerprint density at radius 1 is 0.429 bits per heavy atom. The molecule has 7 heavy (non-hydrogen) atoms. The minimum Gasteiger partial charge on any atom is -1.00 e. The second kappa shape index (κ2) is 76.7. The van der Waals surface area contributed by atoms with Crippen molar-refractivity contribution in [2.24, 2.45) is 0 Å². The van der Waals surface area contributed by atoms with E-state index in [-0.39, 0.29) is 110 Å². The summed E-state index contributed by atoms with van der Waals surface area (Å²) in [5, 5.41) is 0. The van der Waals surface area contributed by atoms with E-state index >= 15 is 0 Å². The van der Waals surface area contributed by atoms with Crippen LogP contribution in [0.5, 0.6) is 0 Å². The fraction of sp³-hybridized carbons (Fsp3) is 0. The van der Waals surface area contributed by atoms with E-state index in [1.54, 1.807) is 0 Å². The van der Waals surface area contributed by atoms with Crippen LogP contribution in [0.4, 0.5) is 0 Å².